The summed E-state index contributed by atoms with van der Waals surface area (Å²) in [5.41, 5.74) is 7.02. The fourth-order valence-corrected chi connectivity index (χ4v) is 3.13. The molecular formula is C16H21N3OS. The smallest absolute Gasteiger partial charge is 0.244 e. The van der Waals surface area contributed by atoms with E-state index in [1.54, 1.807) is 18.3 Å². The van der Waals surface area contributed by atoms with Crippen molar-refractivity contribution in [2.75, 3.05) is 6.54 Å². The van der Waals surface area contributed by atoms with Crippen LogP contribution in [0.3, 0.4) is 0 Å². The van der Waals surface area contributed by atoms with E-state index < -0.39 is 5.54 Å². The maximum absolute atomic E-state index is 12.3. The molecule has 1 unspecified atom stereocenters. The summed E-state index contributed by atoms with van der Waals surface area (Å²) in [6.07, 6.45) is 0.786. The zero-order chi connectivity index (χ0) is 15.5. The third-order valence-electron chi connectivity index (χ3n) is 3.48. The number of nitrogens with zero attached hydrogens (tertiary/aromatic N) is 1. The van der Waals surface area contributed by atoms with Crippen molar-refractivity contribution in [1.29, 1.82) is 0 Å². The Bertz CT molecular complexity index is 620. The highest BCUT2D eigenvalue weighted by Crippen LogP contribution is 2.19. The van der Waals surface area contributed by atoms with Crippen molar-refractivity contribution in [2.45, 2.75) is 32.7 Å². The molecule has 0 fully saturated rings. The van der Waals surface area contributed by atoms with Crippen LogP contribution in [0.25, 0.3) is 0 Å². The first-order chi connectivity index (χ1) is 9.91. The molecule has 0 aliphatic heterocycles. The Kier molecular flexibility index (Phi) is 4.75. The first-order valence-electron chi connectivity index (χ1n) is 6.97. The molecule has 0 aliphatic carbocycles. The van der Waals surface area contributed by atoms with Crippen LogP contribution in [-0.2, 0) is 16.8 Å². The lowest BCUT2D eigenvalue weighted by molar-refractivity contribution is -0.126. The van der Waals surface area contributed by atoms with E-state index in [1.165, 1.54) is 4.88 Å². The van der Waals surface area contributed by atoms with Crippen molar-refractivity contribution in [3.63, 3.8) is 0 Å². The van der Waals surface area contributed by atoms with Gasteiger partial charge in [0.05, 0.1) is 10.7 Å². The van der Waals surface area contributed by atoms with Crippen molar-refractivity contribution >= 4 is 17.2 Å². The number of nitrogens with two attached hydrogens (primary N) is 1. The number of thiazole rings is 1. The topological polar surface area (TPSA) is 68.0 Å². The molecule has 0 saturated heterocycles. The SMILES string of the molecule is Cc1nc(C)c(CCNC(=O)C(C)(N)c2ccccc2)s1. The van der Waals surface area contributed by atoms with Crippen molar-refractivity contribution in [2.24, 2.45) is 5.73 Å². The first-order valence-corrected chi connectivity index (χ1v) is 7.78. The predicted octanol–water partition coefficient (Wildman–Crippen LogP) is 2.29. The first kappa shape index (κ1) is 15.7. The standard InChI is InChI=1S/C16H21N3OS/c1-11-14(21-12(2)19-11)9-10-18-15(20)16(3,17)13-7-5-4-6-8-13/h4-8H,9-10,17H2,1-3H3,(H,18,20). The van der Waals surface area contributed by atoms with Gasteiger partial charge in [-0.15, -0.1) is 11.3 Å². The summed E-state index contributed by atoms with van der Waals surface area (Å²) in [6.45, 7) is 6.30. The van der Waals surface area contributed by atoms with Crippen LogP contribution in [0.4, 0.5) is 0 Å². The largest absolute Gasteiger partial charge is 0.354 e. The van der Waals surface area contributed by atoms with E-state index in [2.05, 4.69) is 10.3 Å². The summed E-state index contributed by atoms with van der Waals surface area (Å²) in [5.74, 6) is -0.160. The van der Waals surface area contributed by atoms with Gasteiger partial charge < -0.3 is 11.1 Å². The number of aromatic nitrogens is 1. The maximum Gasteiger partial charge on any atom is 0.244 e. The van der Waals surface area contributed by atoms with Gasteiger partial charge in [0.1, 0.15) is 5.54 Å². The van der Waals surface area contributed by atoms with Gasteiger partial charge in [0.25, 0.3) is 0 Å². The Morgan fingerprint density at radius 3 is 2.57 bits per heavy atom. The predicted molar refractivity (Wildman–Crippen MR) is 86.3 cm³/mol. The molecule has 0 aliphatic rings. The third-order valence-corrected chi connectivity index (χ3v) is 4.62. The minimum atomic E-state index is -1.01. The fourth-order valence-electron chi connectivity index (χ4n) is 2.19. The number of hydrogen-bond donors (Lipinski definition) is 2. The Morgan fingerprint density at radius 1 is 1.33 bits per heavy atom. The molecule has 1 heterocycles. The molecule has 0 saturated carbocycles. The molecule has 2 rings (SSSR count). The average molecular weight is 303 g/mol. The molecule has 1 aromatic heterocycles. The van der Waals surface area contributed by atoms with Gasteiger partial charge in [-0.25, -0.2) is 4.98 Å². The van der Waals surface area contributed by atoms with Crippen molar-refractivity contribution < 1.29 is 4.79 Å². The van der Waals surface area contributed by atoms with Crippen LogP contribution in [0.2, 0.25) is 0 Å². The molecule has 21 heavy (non-hydrogen) atoms. The Balaban J connectivity index is 1.94. The van der Waals surface area contributed by atoms with Crippen molar-refractivity contribution in [3.05, 3.63) is 51.5 Å². The van der Waals surface area contributed by atoms with Gasteiger partial charge >= 0.3 is 0 Å². The second-order valence-corrected chi connectivity index (χ2v) is 6.60. The van der Waals surface area contributed by atoms with E-state index in [0.29, 0.717) is 6.54 Å². The number of carbonyl (C=O) groups excluding carboxylic acids is 1. The fraction of sp³-hybridized carbons (Fsp3) is 0.375. The second kappa shape index (κ2) is 6.37. The molecule has 3 N–H and O–H groups in total. The molecular weight excluding hydrogens is 282 g/mol. The molecule has 112 valence electrons. The molecule has 2 aromatic rings. The van der Waals surface area contributed by atoms with Crippen LogP contribution in [-0.4, -0.2) is 17.4 Å². The van der Waals surface area contributed by atoms with Gasteiger partial charge in [0.2, 0.25) is 5.91 Å². The van der Waals surface area contributed by atoms with Crippen LogP contribution in [0.1, 0.15) is 28.1 Å². The highest BCUT2D eigenvalue weighted by molar-refractivity contribution is 7.11. The van der Waals surface area contributed by atoms with Crippen LogP contribution < -0.4 is 11.1 Å². The molecule has 1 amide bonds. The lowest BCUT2D eigenvalue weighted by Crippen LogP contribution is -2.49. The van der Waals surface area contributed by atoms with Crippen molar-refractivity contribution in [1.82, 2.24) is 10.3 Å². The summed E-state index contributed by atoms with van der Waals surface area (Å²) in [7, 11) is 0. The number of carbonyl (C=O) groups is 1. The van der Waals surface area contributed by atoms with Gasteiger partial charge in [-0.2, -0.15) is 0 Å². The van der Waals surface area contributed by atoms with Crippen LogP contribution in [0, 0.1) is 13.8 Å². The second-order valence-electron chi connectivity index (χ2n) is 5.32. The Labute approximate surface area is 129 Å². The summed E-state index contributed by atoms with van der Waals surface area (Å²) in [4.78, 5) is 17.9. The van der Waals surface area contributed by atoms with Gasteiger partial charge in [-0.05, 0) is 26.3 Å². The number of aryl methyl sites for hydroxylation is 2. The molecule has 4 nitrogen and oxygen atoms in total. The van der Waals surface area contributed by atoms with Gasteiger partial charge in [-0.3, -0.25) is 4.79 Å². The van der Waals surface area contributed by atoms with E-state index in [0.717, 1.165) is 22.7 Å². The van der Waals surface area contributed by atoms with Crippen LogP contribution >= 0.6 is 11.3 Å². The molecule has 0 bridgehead atoms. The molecule has 5 heteroatoms. The van der Waals surface area contributed by atoms with Gasteiger partial charge in [-0.1, -0.05) is 30.3 Å². The number of hydrogen-bond acceptors (Lipinski definition) is 4. The summed E-state index contributed by atoms with van der Waals surface area (Å²) in [5, 5.41) is 3.98. The summed E-state index contributed by atoms with van der Waals surface area (Å²) in [6, 6.07) is 9.42. The van der Waals surface area contributed by atoms with E-state index in [9.17, 15) is 4.79 Å². The van der Waals surface area contributed by atoms with E-state index in [4.69, 9.17) is 5.73 Å². The van der Waals surface area contributed by atoms with Crippen LogP contribution in [0.15, 0.2) is 30.3 Å². The highest BCUT2D eigenvalue weighted by Gasteiger charge is 2.29. The highest BCUT2D eigenvalue weighted by atomic mass is 32.1. The lowest BCUT2D eigenvalue weighted by atomic mass is 9.92. The molecule has 1 aromatic carbocycles. The molecule has 1 atom stereocenters. The summed E-state index contributed by atoms with van der Waals surface area (Å²) >= 11 is 1.68. The maximum atomic E-state index is 12.3. The quantitative estimate of drug-likeness (QED) is 0.890. The van der Waals surface area contributed by atoms with E-state index in [-0.39, 0.29) is 5.91 Å². The lowest BCUT2D eigenvalue weighted by Gasteiger charge is -2.24. The van der Waals surface area contributed by atoms with Gasteiger partial charge in [0, 0.05) is 17.8 Å². The monoisotopic (exact) mass is 303 g/mol. The zero-order valence-electron chi connectivity index (χ0n) is 12.6. The molecule has 0 radical (unpaired) electrons. The number of nitrogens with one attached hydrogen (secondary N) is 1. The Morgan fingerprint density at radius 2 is 2.00 bits per heavy atom. The summed E-state index contributed by atoms with van der Waals surface area (Å²) < 4.78 is 0. The third kappa shape index (κ3) is 3.68. The normalized spacial score (nSPS) is 13.7. The van der Waals surface area contributed by atoms with Gasteiger partial charge in [0.15, 0.2) is 0 Å². The minimum absolute atomic E-state index is 0.160. The zero-order valence-corrected chi connectivity index (χ0v) is 13.5. The minimum Gasteiger partial charge on any atom is -0.354 e. The van der Waals surface area contributed by atoms with Crippen molar-refractivity contribution in [3.8, 4) is 0 Å². The number of amides is 1. The van der Waals surface area contributed by atoms with Crippen LogP contribution in [0.5, 0.6) is 0 Å². The van der Waals surface area contributed by atoms with E-state index >= 15 is 0 Å². The molecule has 0 spiro atoms. The number of benzene rings is 1. The Hall–Kier alpha value is -1.72. The average Bonchev–Trinajstić information content (AvgIpc) is 2.78. The van der Waals surface area contributed by atoms with E-state index in [1.807, 2.05) is 44.2 Å². The number of rotatable bonds is 5.